The van der Waals surface area contributed by atoms with Crippen LogP contribution < -0.4 is 5.73 Å². The summed E-state index contributed by atoms with van der Waals surface area (Å²) in [7, 11) is 1.77. The molecule has 0 radical (unpaired) electrons. The van der Waals surface area contributed by atoms with Crippen LogP contribution >= 0.6 is 0 Å². The van der Waals surface area contributed by atoms with Gasteiger partial charge in [-0.25, -0.2) is 4.99 Å². The van der Waals surface area contributed by atoms with Crippen molar-refractivity contribution in [2.75, 3.05) is 20.3 Å². The van der Waals surface area contributed by atoms with E-state index in [2.05, 4.69) is 19.9 Å². The molecule has 1 saturated carbocycles. The van der Waals surface area contributed by atoms with E-state index in [4.69, 9.17) is 20.2 Å². The predicted molar refractivity (Wildman–Crippen MR) is 120 cm³/mol. The molecule has 1 aromatic carbocycles. The first-order valence-electron chi connectivity index (χ1n) is 11.7. The van der Waals surface area contributed by atoms with Crippen LogP contribution in [0, 0.1) is 28.6 Å². The number of aliphatic imine (C=N–C) groups is 1. The Labute approximate surface area is 189 Å². The molecule has 1 amide bonds. The van der Waals surface area contributed by atoms with Crippen molar-refractivity contribution in [3.63, 3.8) is 0 Å². The van der Waals surface area contributed by atoms with Gasteiger partial charge in [0.15, 0.2) is 11.5 Å². The van der Waals surface area contributed by atoms with Crippen LogP contribution in [-0.4, -0.2) is 49.2 Å². The van der Waals surface area contributed by atoms with Crippen LogP contribution in [0.3, 0.4) is 0 Å². The van der Waals surface area contributed by atoms with Crippen molar-refractivity contribution < 1.29 is 14.3 Å². The summed E-state index contributed by atoms with van der Waals surface area (Å²) in [5, 5.41) is 9.57. The number of guanidine groups is 1. The van der Waals surface area contributed by atoms with Gasteiger partial charge < -0.3 is 15.2 Å². The van der Waals surface area contributed by atoms with Crippen LogP contribution in [0.15, 0.2) is 23.2 Å². The van der Waals surface area contributed by atoms with Gasteiger partial charge in [-0.15, -0.1) is 0 Å². The molecule has 2 N–H and O–H groups in total. The topological polar surface area (TPSA) is 101 Å². The first kappa shape index (κ1) is 21.4. The van der Waals surface area contributed by atoms with Crippen LogP contribution in [0.1, 0.15) is 56.2 Å². The minimum Gasteiger partial charge on any atom is -0.381 e. The van der Waals surface area contributed by atoms with Crippen molar-refractivity contribution >= 4 is 11.9 Å². The van der Waals surface area contributed by atoms with E-state index in [1.165, 1.54) is 0 Å². The van der Waals surface area contributed by atoms with Crippen LogP contribution in [0.4, 0.5) is 0 Å². The molecule has 0 bridgehead atoms. The second-order valence-corrected chi connectivity index (χ2v) is 10.2. The quantitative estimate of drug-likeness (QED) is 0.785. The highest BCUT2D eigenvalue weighted by atomic mass is 16.5. The van der Waals surface area contributed by atoms with Crippen molar-refractivity contribution in [3.8, 4) is 6.07 Å². The lowest BCUT2D eigenvalue weighted by Crippen LogP contribution is -2.56. The zero-order valence-corrected chi connectivity index (χ0v) is 19.1. The van der Waals surface area contributed by atoms with Crippen molar-refractivity contribution in [2.24, 2.45) is 28.0 Å². The maximum atomic E-state index is 14.3. The number of rotatable bonds is 3. The lowest BCUT2D eigenvalue weighted by Gasteiger charge is -2.50. The second-order valence-electron chi connectivity index (χ2n) is 10.2. The summed E-state index contributed by atoms with van der Waals surface area (Å²) < 4.78 is 11.6. The smallest absolute Gasteiger partial charge is 0.262 e. The number of nitriles is 1. The molecule has 7 heteroatoms. The largest absolute Gasteiger partial charge is 0.381 e. The summed E-state index contributed by atoms with van der Waals surface area (Å²) in [6.45, 7) is 5.57. The summed E-state index contributed by atoms with van der Waals surface area (Å²) in [5.74, 6) is 0.771. The van der Waals surface area contributed by atoms with E-state index in [0.717, 1.165) is 49.8 Å². The maximum absolute atomic E-state index is 14.3. The highest BCUT2D eigenvalue weighted by molar-refractivity contribution is 6.08. The van der Waals surface area contributed by atoms with Crippen molar-refractivity contribution in [3.05, 3.63) is 34.9 Å². The number of hydrogen-bond donors (Lipinski definition) is 1. The minimum atomic E-state index is -1.08. The lowest BCUT2D eigenvalue weighted by atomic mass is 9.56. The van der Waals surface area contributed by atoms with E-state index in [1.54, 1.807) is 12.0 Å². The number of hydrogen-bond acceptors (Lipinski definition) is 6. The van der Waals surface area contributed by atoms with E-state index >= 15 is 0 Å². The molecular weight excluding hydrogens is 404 g/mol. The Hall–Kier alpha value is -2.43. The van der Waals surface area contributed by atoms with Crippen molar-refractivity contribution in [2.45, 2.75) is 63.7 Å². The van der Waals surface area contributed by atoms with Gasteiger partial charge >= 0.3 is 0 Å². The Bertz CT molecular complexity index is 997. The molecule has 1 saturated heterocycles. The molecule has 0 aromatic heterocycles. The number of amides is 1. The number of nitrogens with two attached hydrogens (primary N) is 1. The molecule has 32 heavy (non-hydrogen) atoms. The third-order valence-electron chi connectivity index (χ3n) is 8.27. The van der Waals surface area contributed by atoms with Crippen LogP contribution in [-0.2, 0) is 26.2 Å². The Morgan fingerprint density at radius 1 is 1.34 bits per heavy atom. The van der Waals surface area contributed by atoms with Crippen LogP contribution in [0.5, 0.6) is 0 Å². The van der Waals surface area contributed by atoms with E-state index in [0.29, 0.717) is 12.1 Å². The van der Waals surface area contributed by atoms with Gasteiger partial charge in [0, 0.05) is 19.1 Å². The standard InChI is InChI=1S/C25H32N4O3/c1-15-10-24(11-16(2)21(15)31-3)12-18-7-6-17(13-26)9-20(18)25(24)22(30)29(23(27)28-25)14-19-5-4-8-32-19/h6-7,9,15-16,19,21H,4-5,8,10-12,14H2,1-3H3,(H2,27,28)/t15-,16+,19?,21+,24+,25-/m1/s1. The monoisotopic (exact) mass is 436 g/mol. The van der Waals surface area contributed by atoms with Crippen molar-refractivity contribution in [1.29, 1.82) is 5.26 Å². The summed E-state index contributed by atoms with van der Waals surface area (Å²) >= 11 is 0. The van der Waals surface area contributed by atoms with Gasteiger partial charge in [0.25, 0.3) is 5.91 Å². The number of nitrogens with zero attached hydrogens (tertiary/aromatic N) is 3. The van der Waals surface area contributed by atoms with Crippen molar-refractivity contribution in [1.82, 2.24) is 4.90 Å². The second kappa shape index (κ2) is 7.57. The van der Waals surface area contributed by atoms with Gasteiger partial charge in [0.05, 0.1) is 30.4 Å². The highest BCUT2D eigenvalue weighted by Gasteiger charge is 2.68. The number of benzene rings is 1. The fourth-order valence-electron chi connectivity index (χ4n) is 7.20. The van der Waals surface area contributed by atoms with Crippen LogP contribution in [0.25, 0.3) is 0 Å². The molecule has 4 aliphatic rings. The Morgan fingerprint density at radius 3 is 2.72 bits per heavy atom. The molecule has 7 nitrogen and oxygen atoms in total. The van der Waals surface area contributed by atoms with E-state index in [1.807, 2.05) is 18.2 Å². The number of carbonyl (C=O) groups is 1. The minimum absolute atomic E-state index is 0.00723. The number of ether oxygens (including phenoxy) is 2. The summed E-state index contributed by atoms with van der Waals surface area (Å²) in [6.07, 6.45) is 4.47. The average molecular weight is 437 g/mol. The fourth-order valence-corrected chi connectivity index (χ4v) is 7.20. The Balaban J connectivity index is 1.63. The first-order chi connectivity index (χ1) is 15.3. The van der Waals surface area contributed by atoms with E-state index in [9.17, 15) is 10.1 Å². The van der Waals surface area contributed by atoms with E-state index in [-0.39, 0.29) is 41.3 Å². The third-order valence-corrected chi connectivity index (χ3v) is 8.27. The van der Waals surface area contributed by atoms with E-state index < -0.39 is 5.54 Å². The zero-order valence-electron chi connectivity index (χ0n) is 19.1. The lowest BCUT2D eigenvalue weighted by molar-refractivity contribution is -0.143. The molecule has 6 atom stereocenters. The van der Waals surface area contributed by atoms with Gasteiger partial charge in [0.1, 0.15) is 0 Å². The van der Waals surface area contributed by atoms with Gasteiger partial charge in [-0.1, -0.05) is 19.9 Å². The fraction of sp³-hybridized carbons (Fsp3) is 0.640. The predicted octanol–water partition coefficient (Wildman–Crippen LogP) is 2.71. The molecule has 170 valence electrons. The number of carbonyl (C=O) groups excluding carboxylic acids is 1. The Kier molecular flexibility index (Phi) is 5.06. The average Bonchev–Trinajstić information content (AvgIpc) is 3.42. The molecule has 2 spiro atoms. The molecule has 2 fully saturated rings. The first-order valence-corrected chi connectivity index (χ1v) is 11.7. The summed E-state index contributed by atoms with van der Waals surface area (Å²) in [5.41, 5.74) is 7.49. The molecule has 2 heterocycles. The number of fused-ring (bicyclic) bond motifs is 3. The molecule has 1 unspecified atom stereocenters. The van der Waals surface area contributed by atoms with Gasteiger partial charge in [-0.2, -0.15) is 5.26 Å². The molecule has 2 aliphatic heterocycles. The van der Waals surface area contributed by atoms with Gasteiger partial charge in [-0.05, 0) is 67.2 Å². The van der Waals surface area contributed by atoms with Gasteiger partial charge in [-0.3, -0.25) is 9.69 Å². The zero-order chi connectivity index (χ0) is 22.7. The third kappa shape index (κ3) is 2.85. The summed E-state index contributed by atoms with van der Waals surface area (Å²) in [4.78, 5) is 20.9. The maximum Gasteiger partial charge on any atom is 0.262 e. The normalized spacial score (nSPS) is 38.4. The molecule has 5 rings (SSSR count). The summed E-state index contributed by atoms with van der Waals surface area (Å²) in [6, 6.07) is 7.95. The molecule has 2 aliphatic carbocycles. The SMILES string of the molecule is CO[C@H]1[C@H](C)C[C@@]2(Cc3ccc(C#N)cc3[C@]23N=C(N)N(CC2CCCO2)C3=O)C[C@@H]1C. The molecule has 1 aromatic rings. The highest BCUT2D eigenvalue weighted by Crippen LogP contribution is 2.63. The Morgan fingerprint density at radius 2 is 2.09 bits per heavy atom. The van der Waals surface area contributed by atoms with Crippen LogP contribution in [0.2, 0.25) is 0 Å². The van der Waals surface area contributed by atoms with Gasteiger partial charge in [0.2, 0.25) is 0 Å². The molecular formula is C25H32N4O3. The number of methoxy groups -OCH3 is 1.